The van der Waals surface area contributed by atoms with Crippen molar-refractivity contribution in [1.82, 2.24) is 9.38 Å². The number of aromatic nitrogens is 2. The standard InChI is InChI=1S/C20H17N3O3S/c1-25-20(24)19-16(26-12-13-5-4-6-14(21)9-13)10-17(27-19)15-11-22-18-7-2-3-8-23(15)18/h2-11H,12,21H2,1H3. The maximum atomic E-state index is 12.2. The third kappa shape index (κ3) is 3.37. The van der Waals surface area contributed by atoms with E-state index in [4.69, 9.17) is 15.2 Å². The van der Waals surface area contributed by atoms with Crippen LogP contribution in [0.1, 0.15) is 15.2 Å². The Bertz CT molecular complexity index is 1120. The Labute approximate surface area is 159 Å². The first-order valence-corrected chi connectivity index (χ1v) is 9.09. The smallest absolute Gasteiger partial charge is 0.351 e. The van der Waals surface area contributed by atoms with Crippen molar-refractivity contribution in [3.8, 4) is 16.3 Å². The van der Waals surface area contributed by atoms with Crippen molar-refractivity contribution in [3.63, 3.8) is 0 Å². The molecule has 4 aromatic rings. The molecule has 0 aliphatic carbocycles. The highest BCUT2D eigenvalue weighted by molar-refractivity contribution is 7.17. The molecule has 0 spiro atoms. The van der Waals surface area contributed by atoms with Gasteiger partial charge in [-0.15, -0.1) is 11.3 Å². The maximum Gasteiger partial charge on any atom is 0.351 e. The molecular formula is C20H17N3O3S. The molecule has 0 aliphatic heterocycles. The van der Waals surface area contributed by atoms with Crippen molar-refractivity contribution in [3.05, 3.63) is 71.4 Å². The van der Waals surface area contributed by atoms with E-state index in [1.807, 2.05) is 59.1 Å². The average molecular weight is 379 g/mol. The van der Waals surface area contributed by atoms with Gasteiger partial charge < -0.3 is 15.2 Å². The number of nitrogens with zero attached hydrogens (tertiary/aromatic N) is 2. The monoisotopic (exact) mass is 379 g/mol. The molecule has 7 heteroatoms. The fourth-order valence-corrected chi connectivity index (χ4v) is 3.83. The molecule has 2 N–H and O–H groups in total. The van der Waals surface area contributed by atoms with Crippen LogP contribution in [0.25, 0.3) is 16.2 Å². The number of fused-ring (bicyclic) bond motifs is 1. The van der Waals surface area contributed by atoms with E-state index in [9.17, 15) is 4.79 Å². The minimum atomic E-state index is -0.428. The van der Waals surface area contributed by atoms with Gasteiger partial charge >= 0.3 is 5.97 Å². The van der Waals surface area contributed by atoms with E-state index in [1.165, 1.54) is 18.4 Å². The van der Waals surface area contributed by atoms with Crippen molar-refractivity contribution >= 4 is 28.6 Å². The van der Waals surface area contributed by atoms with Gasteiger partial charge in [0.25, 0.3) is 0 Å². The molecule has 0 saturated carbocycles. The average Bonchev–Trinajstić information content (AvgIpc) is 3.30. The van der Waals surface area contributed by atoms with Gasteiger partial charge in [0.15, 0.2) is 4.88 Å². The largest absolute Gasteiger partial charge is 0.487 e. The first-order valence-electron chi connectivity index (χ1n) is 8.27. The minimum Gasteiger partial charge on any atom is -0.487 e. The molecule has 0 aliphatic rings. The van der Waals surface area contributed by atoms with Crippen molar-refractivity contribution in [2.24, 2.45) is 0 Å². The second-order valence-electron chi connectivity index (χ2n) is 5.90. The minimum absolute atomic E-state index is 0.304. The van der Waals surface area contributed by atoms with E-state index in [0.717, 1.165) is 21.8 Å². The number of imidazole rings is 1. The Kier molecular flexibility index (Phi) is 4.52. The van der Waals surface area contributed by atoms with Gasteiger partial charge in [-0.25, -0.2) is 9.78 Å². The lowest BCUT2D eigenvalue weighted by Crippen LogP contribution is -2.03. The Hall–Kier alpha value is -3.32. The Morgan fingerprint density at radius 1 is 1.22 bits per heavy atom. The summed E-state index contributed by atoms with van der Waals surface area (Å²) in [6.07, 6.45) is 3.71. The summed E-state index contributed by atoms with van der Waals surface area (Å²) in [6, 6.07) is 15.1. The van der Waals surface area contributed by atoms with Crippen LogP contribution in [0.15, 0.2) is 60.9 Å². The number of nitrogen functional groups attached to an aromatic ring is 1. The number of hydrogen-bond donors (Lipinski definition) is 1. The molecule has 1 aromatic carbocycles. The van der Waals surface area contributed by atoms with Crippen molar-refractivity contribution in [1.29, 1.82) is 0 Å². The highest BCUT2D eigenvalue weighted by Gasteiger charge is 2.20. The van der Waals surface area contributed by atoms with Gasteiger partial charge in [0.1, 0.15) is 18.0 Å². The number of methoxy groups -OCH3 is 1. The summed E-state index contributed by atoms with van der Waals surface area (Å²) >= 11 is 1.32. The number of rotatable bonds is 5. The Morgan fingerprint density at radius 2 is 2.11 bits per heavy atom. The van der Waals surface area contributed by atoms with E-state index in [0.29, 0.717) is 22.9 Å². The van der Waals surface area contributed by atoms with Crippen LogP contribution in [-0.4, -0.2) is 22.5 Å². The zero-order valence-corrected chi connectivity index (χ0v) is 15.4. The van der Waals surface area contributed by atoms with E-state index in [1.54, 1.807) is 6.20 Å². The van der Waals surface area contributed by atoms with Gasteiger partial charge in [0.2, 0.25) is 0 Å². The lowest BCUT2D eigenvalue weighted by Gasteiger charge is -2.06. The second-order valence-corrected chi connectivity index (χ2v) is 6.95. The number of pyridine rings is 1. The number of anilines is 1. The fraction of sp³-hybridized carbons (Fsp3) is 0.100. The van der Waals surface area contributed by atoms with Gasteiger partial charge in [0.05, 0.1) is 23.9 Å². The number of esters is 1. The van der Waals surface area contributed by atoms with Gasteiger partial charge in [-0.2, -0.15) is 0 Å². The summed E-state index contributed by atoms with van der Waals surface area (Å²) in [5.74, 6) is 0.0535. The molecule has 6 nitrogen and oxygen atoms in total. The predicted octanol–water partition coefficient (Wildman–Crippen LogP) is 4.01. The van der Waals surface area contributed by atoms with E-state index in [-0.39, 0.29) is 0 Å². The third-order valence-corrected chi connectivity index (χ3v) is 5.20. The lowest BCUT2D eigenvalue weighted by molar-refractivity contribution is 0.0601. The van der Waals surface area contributed by atoms with Crippen LogP contribution >= 0.6 is 11.3 Å². The van der Waals surface area contributed by atoms with Crippen LogP contribution in [0.4, 0.5) is 5.69 Å². The number of nitrogens with two attached hydrogens (primary N) is 1. The van der Waals surface area contributed by atoms with E-state index in [2.05, 4.69) is 4.98 Å². The molecule has 0 bridgehead atoms. The SMILES string of the molecule is COC(=O)c1sc(-c2cnc3ccccn23)cc1OCc1cccc(N)c1. The Balaban J connectivity index is 1.69. The molecule has 3 aromatic heterocycles. The molecule has 0 atom stereocenters. The molecule has 0 unspecified atom stereocenters. The van der Waals surface area contributed by atoms with Crippen LogP contribution in [0, 0.1) is 0 Å². The van der Waals surface area contributed by atoms with Gasteiger partial charge in [-0.1, -0.05) is 18.2 Å². The third-order valence-electron chi connectivity index (χ3n) is 4.08. The number of benzene rings is 1. The molecule has 3 heterocycles. The first-order chi connectivity index (χ1) is 13.2. The fourth-order valence-electron chi connectivity index (χ4n) is 2.80. The topological polar surface area (TPSA) is 78.8 Å². The van der Waals surface area contributed by atoms with E-state index >= 15 is 0 Å². The lowest BCUT2D eigenvalue weighted by atomic mass is 10.2. The maximum absolute atomic E-state index is 12.2. The van der Waals surface area contributed by atoms with Crippen LogP contribution < -0.4 is 10.5 Å². The molecule has 0 radical (unpaired) electrons. The highest BCUT2D eigenvalue weighted by atomic mass is 32.1. The predicted molar refractivity (Wildman–Crippen MR) is 105 cm³/mol. The zero-order chi connectivity index (χ0) is 18.8. The normalized spacial score (nSPS) is 10.9. The van der Waals surface area contributed by atoms with Crippen LogP contribution in [-0.2, 0) is 11.3 Å². The summed E-state index contributed by atoms with van der Waals surface area (Å²) in [4.78, 5) is 17.9. The summed E-state index contributed by atoms with van der Waals surface area (Å²) in [6.45, 7) is 0.304. The summed E-state index contributed by atoms with van der Waals surface area (Å²) in [5, 5.41) is 0. The zero-order valence-electron chi connectivity index (χ0n) is 14.6. The van der Waals surface area contributed by atoms with Crippen LogP contribution in [0.3, 0.4) is 0 Å². The molecule has 0 amide bonds. The second kappa shape index (κ2) is 7.13. The molecule has 4 rings (SSSR count). The van der Waals surface area contributed by atoms with Crippen molar-refractivity contribution in [2.45, 2.75) is 6.61 Å². The summed E-state index contributed by atoms with van der Waals surface area (Å²) in [7, 11) is 1.36. The van der Waals surface area contributed by atoms with Gasteiger partial charge in [-0.05, 0) is 29.8 Å². The van der Waals surface area contributed by atoms with Crippen molar-refractivity contribution in [2.75, 3.05) is 12.8 Å². The number of ether oxygens (including phenoxy) is 2. The molecular weight excluding hydrogens is 362 g/mol. The number of carbonyl (C=O) groups is 1. The van der Waals surface area contributed by atoms with E-state index < -0.39 is 5.97 Å². The highest BCUT2D eigenvalue weighted by Crippen LogP contribution is 2.37. The number of carbonyl (C=O) groups excluding carboxylic acids is 1. The van der Waals surface area contributed by atoms with Crippen LogP contribution in [0.2, 0.25) is 0 Å². The summed E-state index contributed by atoms with van der Waals surface area (Å²) in [5.41, 5.74) is 9.13. The quantitative estimate of drug-likeness (QED) is 0.419. The first kappa shape index (κ1) is 17.1. The molecule has 0 fully saturated rings. The van der Waals surface area contributed by atoms with Gasteiger partial charge in [0, 0.05) is 18.0 Å². The van der Waals surface area contributed by atoms with Crippen molar-refractivity contribution < 1.29 is 14.3 Å². The summed E-state index contributed by atoms with van der Waals surface area (Å²) < 4.78 is 12.8. The molecule has 27 heavy (non-hydrogen) atoms. The number of thiophene rings is 1. The number of hydrogen-bond acceptors (Lipinski definition) is 6. The molecule has 0 saturated heterocycles. The Morgan fingerprint density at radius 3 is 2.93 bits per heavy atom. The molecule has 136 valence electrons. The van der Waals surface area contributed by atoms with Crippen LogP contribution in [0.5, 0.6) is 5.75 Å². The van der Waals surface area contributed by atoms with Gasteiger partial charge in [-0.3, -0.25) is 4.40 Å².